The molecule has 0 saturated carbocycles. The lowest BCUT2D eigenvalue weighted by Crippen LogP contribution is -2.41. The van der Waals surface area contributed by atoms with Crippen LogP contribution in [0.4, 0.5) is 0 Å². The number of hydrogen-bond donors (Lipinski definition) is 0. The average Bonchev–Trinajstić information content (AvgIpc) is 2.31. The fourth-order valence-corrected chi connectivity index (χ4v) is 1.12. The molecule has 0 aliphatic carbocycles. The van der Waals surface area contributed by atoms with Crippen LogP contribution >= 0.6 is 0 Å². The van der Waals surface area contributed by atoms with Gasteiger partial charge in [-0.3, -0.25) is 0 Å². The molecule has 1 saturated heterocycles. The Morgan fingerprint density at radius 1 is 1.47 bits per heavy atom. The molecular formula is C9H14N4O2. The highest BCUT2D eigenvalue weighted by molar-refractivity contribution is 5.96. The van der Waals surface area contributed by atoms with Gasteiger partial charge in [-0.25, -0.2) is 4.99 Å². The molecule has 82 valence electrons. The van der Waals surface area contributed by atoms with E-state index in [1.54, 1.807) is 14.0 Å². The maximum Gasteiger partial charge on any atom is 0.317 e. The summed E-state index contributed by atoms with van der Waals surface area (Å²) in [7, 11) is 1.63. The van der Waals surface area contributed by atoms with Gasteiger partial charge in [0.15, 0.2) is 5.71 Å². The summed E-state index contributed by atoms with van der Waals surface area (Å²) in [6, 6.07) is 2.30. The first-order valence-electron chi connectivity index (χ1n) is 4.69. The molecule has 0 unspecified atom stereocenters. The largest absolute Gasteiger partial charge is 0.378 e. The standard InChI is InChI=1S/C9H14N4O2/c1-8(7-10)12-15-9(11-2)13-3-5-14-6-4-13/h3-6H2,1-2H3/b11-9+,12-8+. The molecule has 15 heavy (non-hydrogen) atoms. The van der Waals surface area contributed by atoms with Crippen LogP contribution < -0.4 is 0 Å². The summed E-state index contributed by atoms with van der Waals surface area (Å²) >= 11 is 0. The number of hydrogen-bond acceptors (Lipinski definition) is 5. The van der Waals surface area contributed by atoms with Gasteiger partial charge in [0, 0.05) is 20.1 Å². The Balaban J connectivity index is 2.53. The first-order valence-corrected chi connectivity index (χ1v) is 4.69. The summed E-state index contributed by atoms with van der Waals surface area (Å²) in [5.41, 5.74) is 0.268. The van der Waals surface area contributed by atoms with Gasteiger partial charge in [0.05, 0.1) is 13.2 Å². The van der Waals surface area contributed by atoms with E-state index >= 15 is 0 Å². The van der Waals surface area contributed by atoms with Gasteiger partial charge >= 0.3 is 6.02 Å². The maximum atomic E-state index is 8.50. The molecule has 6 heteroatoms. The molecule has 6 nitrogen and oxygen atoms in total. The van der Waals surface area contributed by atoms with Crippen LogP contribution in [0.1, 0.15) is 6.92 Å². The molecule has 0 radical (unpaired) electrons. The van der Waals surface area contributed by atoms with E-state index in [0.717, 1.165) is 13.1 Å². The van der Waals surface area contributed by atoms with E-state index in [0.29, 0.717) is 19.2 Å². The molecule has 0 bridgehead atoms. The van der Waals surface area contributed by atoms with Crippen molar-refractivity contribution in [1.29, 1.82) is 5.26 Å². The van der Waals surface area contributed by atoms with Crippen molar-refractivity contribution in [2.24, 2.45) is 10.1 Å². The molecule has 1 heterocycles. The van der Waals surface area contributed by atoms with Gasteiger partial charge in [0.25, 0.3) is 0 Å². The highest BCUT2D eigenvalue weighted by Crippen LogP contribution is 2.00. The van der Waals surface area contributed by atoms with Crippen molar-refractivity contribution in [3.63, 3.8) is 0 Å². The topological polar surface area (TPSA) is 70.2 Å². The third kappa shape index (κ3) is 3.56. The molecule has 0 spiro atoms. The van der Waals surface area contributed by atoms with Crippen LogP contribution in [-0.4, -0.2) is 50.0 Å². The number of nitrogens with zero attached hydrogens (tertiary/aromatic N) is 4. The van der Waals surface area contributed by atoms with Crippen molar-refractivity contribution in [2.45, 2.75) is 6.92 Å². The summed E-state index contributed by atoms with van der Waals surface area (Å²) in [5.74, 6) is 0. The van der Waals surface area contributed by atoms with E-state index in [1.807, 2.05) is 11.0 Å². The number of nitriles is 1. The number of aliphatic imine (C=N–C) groups is 1. The molecule has 0 N–H and O–H groups in total. The summed E-state index contributed by atoms with van der Waals surface area (Å²) in [6.07, 6.45) is 0. The van der Waals surface area contributed by atoms with Crippen LogP contribution in [0, 0.1) is 11.3 Å². The van der Waals surface area contributed by atoms with Gasteiger partial charge in [-0.15, -0.1) is 0 Å². The number of amidine groups is 1. The minimum atomic E-state index is 0.268. The van der Waals surface area contributed by atoms with Crippen LogP contribution in [0.5, 0.6) is 0 Å². The van der Waals surface area contributed by atoms with Gasteiger partial charge < -0.3 is 14.5 Å². The highest BCUT2D eigenvalue weighted by atomic mass is 16.6. The molecule has 1 fully saturated rings. The lowest BCUT2D eigenvalue weighted by Gasteiger charge is -2.27. The van der Waals surface area contributed by atoms with Gasteiger partial charge in [-0.1, -0.05) is 5.16 Å². The first kappa shape index (κ1) is 11.5. The normalized spacial score (nSPS) is 18.6. The zero-order valence-corrected chi connectivity index (χ0v) is 8.93. The second-order valence-electron chi connectivity index (χ2n) is 2.99. The van der Waals surface area contributed by atoms with Crippen molar-refractivity contribution in [1.82, 2.24) is 4.90 Å². The Kier molecular flexibility index (Phi) is 4.57. The molecule has 0 aromatic carbocycles. The second kappa shape index (κ2) is 5.98. The summed E-state index contributed by atoms with van der Waals surface area (Å²) < 4.78 is 5.20. The minimum absolute atomic E-state index is 0.268. The smallest absolute Gasteiger partial charge is 0.317 e. The lowest BCUT2D eigenvalue weighted by atomic mass is 10.4. The molecule has 0 amide bonds. The second-order valence-corrected chi connectivity index (χ2v) is 2.99. The van der Waals surface area contributed by atoms with Crippen molar-refractivity contribution in [3.05, 3.63) is 0 Å². The fourth-order valence-electron chi connectivity index (χ4n) is 1.12. The van der Waals surface area contributed by atoms with Gasteiger partial charge in [0.2, 0.25) is 0 Å². The fraction of sp³-hybridized carbons (Fsp3) is 0.667. The van der Waals surface area contributed by atoms with Crippen molar-refractivity contribution >= 4 is 11.7 Å². The number of morpholine rings is 1. The lowest BCUT2D eigenvalue weighted by molar-refractivity contribution is 0.0554. The SMILES string of the molecule is C/N=C(/O/N=C(\C)C#N)N1CCOCC1. The van der Waals surface area contributed by atoms with Gasteiger partial charge in [-0.05, 0) is 6.92 Å². The molecule has 1 rings (SSSR count). The summed E-state index contributed by atoms with van der Waals surface area (Å²) in [6.45, 7) is 4.35. The van der Waals surface area contributed by atoms with Crippen molar-refractivity contribution in [3.8, 4) is 6.07 Å². The monoisotopic (exact) mass is 210 g/mol. The molecule has 0 aromatic rings. The molecule has 1 aliphatic rings. The Morgan fingerprint density at radius 3 is 2.67 bits per heavy atom. The quantitative estimate of drug-likeness (QED) is 0.352. The molecular weight excluding hydrogens is 196 g/mol. The zero-order valence-electron chi connectivity index (χ0n) is 8.93. The van der Waals surface area contributed by atoms with Crippen molar-refractivity contribution in [2.75, 3.05) is 33.4 Å². The van der Waals surface area contributed by atoms with E-state index in [2.05, 4.69) is 10.1 Å². The first-order chi connectivity index (χ1) is 7.27. The van der Waals surface area contributed by atoms with Crippen LogP contribution in [0.3, 0.4) is 0 Å². The summed E-state index contributed by atoms with van der Waals surface area (Å²) in [4.78, 5) is 11.0. The number of rotatable bonds is 1. The Labute approximate surface area is 88.8 Å². The van der Waals surface area contributed by atoms with E-state index in [1.165, 1.54) is 0 Å². The van der Waals surface area contributed by atoms with Crippen LogP contribution in [0.25, 0.3) is 0 Å². The van der Waals surface area contributed by atoms with Crippen LogP contribution in [-0.2, 0) is 9.57 Å². The molecule has 0 atom stereocenters. The van der Waals surface area contributed by atoms with E-state index < -0.39 is 0 Å². The van der Waals surface area contributed by atoms with Crippen LogP contribution in [0.2, 0.25) is 0 Å². The minimum Gasteiger partial charge on any atom is -0.378 e. The third-order valence-corrected chi connectivity index (χ3v) is 1.90. The van der Waals surface area contributed by atoms with E-state index in [-0.39, 0.29) is 5.71 Å². The molecule has 1 aliphatic heterocycles. The highest BCUT2D eigenvalue weighted by Gasteiger charge is 2.16. The van der Waals surface area contributed by atoms with E-state index in [4.69, 9.17) is 14.8 Å². The van der Waals surface area contributed by atoms with Gasteiger partial charge in [0.1, 0.15) is 6.07 Å². The predicted molar refractivity (Wildman–Crippen MR) is 55.6 cm³/mol. The van der Waals surface area contributed by atoms with Crippen LogP contribution in [0.15, 0.2) is 10.1 Å². The maximum absolute atomic E-state index is 8.50. The zero-order chi connectivity index (χ0) is 11.1. The number of oxime groups is 1. The predicted octanol–water partition coefficient (Wildman–Crippen LogP) is 0.220. The summed E-state index contributed by atoms with van der Waals surface area (Å²) in [5, 5.41) is 12.1. The van der Waals surface area contributed by atoms with Crippen molar-refractivity contribution < 1.29 is 9.57 Å². The third-order valence-electron chi connectivity index (χ3n) is 1.90. The van der Waals surface area contributed by atoms with Gasteiger partial charge in [-0.2, -0.15) is 5.26 Å². The molecule has 0 aromatic heterocycles. The van der Waals surface area contributed by atoms with E-state index in [9.17, 15) is 0 Å². The Bertz CT molecular complexity index is 300. The number of ether oxygens (including phenoxy) is 1. The average molecular weight is 210 g/mol. The Hall–Kier alpha value is -1.61. The Morgan fingerprint density at radius 2 is 2.13 bits per heavy atom.